The molecule has 6 nitrogen and oxygen atoms in total. The molecule has 0 aliphatic carbocycles. The van der Waals surface area contributed by atoms with E-state index in [1.807, 2.05) is 4.90 Å². The van der Waals surface area contributed by atoms with E-state index in [0.29, 0.717) is 28.9 Å². The van der Waals surface area contributed by atoms with Crippen LogP contribution in [0.5, 0.6) is 0 Å². The second-order valence-corrected chi connectivity index (χ2v) is 4.62. The summed E-state index contributed by atoms with van der Waals surface area (Å²) in [4.78, 5) is 10.4. The van der Waals surface area contributed by atoms with Crippen LogP contribution in [0.3, 0.4) is 0 Å². The second kappa shape index (κ2) is 4.72. The van der Waals surface area contributed by atoms with E-state index in [0.717, 1.165) is 13.1 Å². The third-order valence-corrected chi connectivity index (χ3v) is 3.17. The molecule has 96 valence electrons. The summed E-state index contributed by atoms with van der Waals surface area (Å²) in [5.74, 6) is 0. The monoisotopic (exact) mass is 268 g/mol. The largest absolute Gasteiger partial charge is 0.422 e. The highest BCUT2D eigenvalue weighted by Crippen LogP contribution is 2.22. The first kappa shape index (κ1) is 11.7. The zero-order valence-corrected chi connectivity index (χ0v) is 10.4. The highest BCUT2D eigenvalue weighted by Gasteiger charge is 2.22. The lowest BCUT2D eigenvalue weighted by Crippen LogP contribution is -2.52. The summed E-state index contributed by atoms with van der Waals surface area (Å²) in [6.45, 7) is 2.34. The molecule has 1 unspecified atom stereocenters. The van der Waals surface area contributed by atoms with Crippen LogP contribution in [0.25, 0.3) is 11.2 Å². The van der Waals surface area contributed by atoms with Gasteiger partial charge in [-0.3, -0.25) is 0 Å². The fourth-order valence-corrected chi connectivity index (χ4v) is 2.18. The lowest BCUT2D eigenvalue weighted by molar-refractivity contribution is 0.234. The average molecular weight is 269 g/mol. The molecule has 0 saturated carbocycles. The van der Waals surface area contributed by atoms with Gasteiger partial charge in [-0.2, -0.15) is 4.98 Å². The molecular formula is C11H13ClN4O2. The van der Waals surface area contributed by atoms with E-state index in [9.17, 15) is 0 Å². The molecule has 7 heteroatoms. The van der Waals surface area contributed by atoms with Gasteiger partial charge in [0.2, 0.25) is 5.65 Å². The van der Waals surface area contributed by atoms with Gasteiger partial charge in [0.05, 0.1) is 6.61 Å². The van der Waals surface area contributed by atoms with Crippen molar-refractivity contribution in [3.63, 3.8) is 0 Å². The number of fused-ring (bicyclic) bond motifs is 1. The molecule has 1 aliphatic rings. The van der Waals surface area contributed by atoms with Gasteiger partial charge in [-0.15, -0.1) is 0 Å². The van der Waals surface area contributed by atoms with E-state index in [4.69, 9.17) is 21.1 Å². The number of aliphatic hydroxyl groups is 1. The summed E-state index contributed by atoms with van der Waals surface area (Å²) in [5.41, 5.74) is 1.13. The Morgan fingerprint density at radius 2 is 2.39 bits per heavy atom. The molecule has 1 aliphatic heterocycles. The normalized spacial score (nSPS) is 20.6. The van der Waals surface area contributed by atoms with Crippen molar-refractivity contribution in [2.45, 2.75) is 6.04 Å². The zero-order chi connectivity index (χ0) is 12.5. The van der Waals surface area contributed by atoms with Crippen LogP contribution < -0.4 is 10.2 Å². The maximum Gasteiger partial charge on any atom is 0.300 e. The number of rotatable bonds is 2. The van der Waals surface area contributed by atoms with Crippen molar-refractivity contribution in [1.82, 2.24) is 15.3 Å². The van der Waals surface area contributed by atoms with Crippen molar-refractivity contribution in [2.24, 2.45) is 0 Å². The fourth-order valence-electron chi connectivity index (χ4n) is 2.04. The van der Waals surface area contributed by atoms with Crippen LogP contribution in [-0.4, -0.2) is 47.4 Å². The third kappa shape index (κ3) is 2.14. The van der Waals surface area contributed by atoms with Gasteiger partial charge in [0.25, 0.3) is 6.01 Å². The van der Waals surface area contributed by atoms with Crippen LogP contribution in [0, 0.1) is 0 Å². The molecule has 0 amide bonds. The number of anilines is 1. The Morgan fingerprint density at radius 3 is 3.22 bits per heavy atom. The Balaban J connectivity index is 1.89. The molecule has 0 spiro atoms. The Kier molecular flexibility index (Phi) is 3.07. The van der Waals surface area contributed by atoms with Crippen molar-refractivity contribution < 1.29 is 9.52 Å². The van der Waals surface area contributed by atoms with E-state index in [2.05, 4.69) is 15.3 Å². The number of nitrogens with zero attached hydrogens (tertiary/aromatic N) is 3. The lowest BCUT2D eigenvalue weighted by atomic mass is 10.2. The van der Waals surface area contributed by atoms with E-state index in [1.54, 1.807) is 12.1 Å². The lowest BCUT2D eigenvalue weighted by Gasteiger charge is -2.31. The summed E-state index contributed by atoms with van der Waals surface area (Å²) < 4.78 is 5.64. The van der Waals surface area contributed by atoms with Gasteiger partial charge >= 0.3 is 0 Å². The highest BCUT2D eigenvalue weighted by molar-refractivity contribution is 6.29. The van der Waals surface area contributed by atoms with Crippen LogP contribution in [-0.2, 0) is 0 Å². The van der Waals surface area contributed by atoms with Crippen molar-refractivity contribution in [3.8, 4) is 0 Å². The molecule has 0 bridgehead atoms. The predicted octanol–water partition coefficient (Wildman–Crippen LogP) is 0.647. The molecule has 2 aromatic heterocycles. The van der Waals surface area contributed by atoms with Crippen LogP contribution in [0.15, 0.2) is 16.5 Å². The number of nitrogens with one attached hydrogen (secondary N) is 1. The second-order valence-electron chi connectivity index (χ2n) is 4.23. The Hall–Kier alpha value is -1.37. The van der Waals surface area contributed by atoms with Gasteiger partial charge in [0, 0.05) is 25.7 Å². The smallest absolute Gasteiger partial charge is 0.300 e. The quantitative estimate of drug-likeness (QED) is 0.779. The number of halogens is 1. The molecule has 2 aromatic rings. The van der Waals surface area contributed by atoms with Crippen molar-refractivity contribution in [1.29, 1.82) is 0 Å². The molecule has 0 aromatic carbocycles. The van der Waals surface area contributed by atoms with Crippen LogP contribution in [0.4, 0.5) is 6.01 Å². The Labute approximate surface area is 109 Å². The van der Waals surface area contributed by atoms with Gasteiger partial charge in [0.1, 0.15) is 5.15 Å². The van der Waals surface area contributed by atoms with Crippen LogP contribution in [0.1, 0.15) is 0 Å². The minimum absolute atomic E-state index is 0.0466. The number of hydrogen-bond donors (Lipinski definition) is 2. The summed E-state index contributed by atoms with van der Waals surface area (Å²) in [6, 6.07) is 4.00. The first-order chi connectivity index (χ1) is 8.76. The molecule has 1 fully saturated rings. The van der Waals surface area contributed by atoms with E-state index < -0.39 is 0 Å². The number of pyridine rings is 1. The van der Waals surface area contributed by atoms with Crippen molar-refractivity contribution >= 4 is 28.8 Å². The maximum absolute atomic E-state index is 9.16. The first-order valence-electron chi connectivity index (χ1n) is 5.78. The minimum atomic E-state index is 0.0466. The van der Waals surface area contributed by atoms with Gasteiger partial charge < -0.3 is 19.7 Å². The summed E-state index contributed by atoms with van der Waals surface area (Å²) in [6.07, 6.45) is 0. The van der Waals surface area contributed by atoms with Gasteiger partial charge in [-0.25, -0.2) is 4.98 Å². The fraction of sp³-hybridized carbons (Fsp3) is 0.455. The van der Waals surface area contributed by atoms with Crippen LogP contribution in [0.2, 0.25) is 5.15 Å². The van der Waals surface area contributed by atoms with Crippen molar-refractivity contribution in [2.75, 3.05) is 31.1 Å². The topological polar surface area (TPSA) is 74.4 Å². The van der Waals surface area contributed by atoms with Gasteiger partial charge in [0.15, 0.2) is 5.58 Å². The van der Waals surface area contributed by atoms with E-state index in [1.165, 1.54) is 0 Å². The van der Waals surface area contributed by atoms with E-state index in [-0.39, 0.29) is 12.6 Å². The maximum atomic E-state index is 9.16. The third-order valence-electron chi connectivity index (χ3n) is 2.95. The summed E-state index contributed by atoms with van der Waals surface area (Å²) >= 11 is 5.81. The first-order valence-corrected chi connectivity index (χ1v) is 6.16. The molecule has 0 radical (unpaired) electrons. The van der Waals surface area contributed by atoms with Crippen molar-refractivity contribution in [3.05, 3.63) is 17.3 Å². The molecule has 18 heavy (non-hydrogen) atoms. The standard InChI is InChI=1S/C11H13ClN4O2/c12-9-2-1-8-10(14-9)15-11(18-8)16-4-3-13-7(5-16)6-17/h1-2,7,13,17H,3-6H2. The molecule has 3 rings (SSSR count). The minimum Gasteiger partial charge on any atom is -0.422 e. The predicted molar refractivity (Wildman–Crippen MR) is 67.9 cm³/mol. The zero-order valence-electron chi connectivity index (χ0n) is 9.64. The number of aliphatic hydroxyl groups excluding tert-OH is 1. The SMILES string of the molecule is OCC1CN(c2nc3nc(Cl)ccc3o2)CCN1. The number of hydrogen-bond acceptors (Lipinski definition) is 6. The molecule has 1 saturated heterocycles. The summed E-state index contributed by atoms with van der Waals surface area (Å²) in [7, 11) is 0. The number of piperazine rings is 1. The average Bonchev–Trinajstić information content (AvgIpc) is 2.81. The molecule has 1 atom stereocenters. The Bertz CT molecular complexity index is 559. The summed E-state index contributed by atoms with van der Waals surface area (Å²) in [5, 5.41) is 12.8. The number of oxazole rings is 1. The van der Waals surface area contributed by atoms with Gasteiger partial charge in [-0.05, 0) is 12.1 Å². The molecular weight excluding hydrogens is 256 g/mol. The van der Waals surface area contributed by atoms with E-state index >= 15 is 0 Å². The molecule has 2 N–H and O–H groups in total. The Morgan fingerprint density at radius 1 is 1.50 bits per heavy atom. The number of aromatic nitrogens is 2. The van der Waals surface area contributed by atoms with Crippen LogP contribution >= 0.6 is 11.6 Å². The van der Waals surface area contributed by atoms with Gasteiger partial charge in [-0.1, -0.05) is 11.6 Å². The highest BCUT2D eigenvalue weighted by atomic mass is 35.5. The molecule has 3 heterocycles.